The Morgan fingerprint density at radius 2 is 2.00 bits per heavy atom. The van der Waals surface area contributed by atoms with Crippen molar-refractivity contribution in [1.82, 2.24) is 4.90 Å². The van der Waals surface area contributed by atoms with Gasteiger partial charge < -0.3 is 15.4 Å². The molecule has 0 aromatic heterocycles. The summed E-state index contributed by atoms with van der Waals surface area (Å²) in [7, 11) is 3.49. The number of hydrogen-bond acceptors (Lipinski definition) is 4. The second kappa shape index (κ2) is 8.01. The van der Waals surface area contributed by atoms with E-state index >= 15 is 0 Å². The van der Waals surface area contributed by atoms with E-state index in [4.69, 9.17) is 10.5 Å². The molecule has 0 aliphatic carbocycles. The molecule has 4 heteroatoms. The standard InChI is InChI=1S/C7H16N2.C2H4O2/c1-9-4-2-7(6-8)3-5-9;1-4-2-3/h7H,2-6,8H2,1H3;2H,1H3. The van der Waals surface area contributed by atoms with Gasteiger partial charge in [-0.1, -0.05) is 0 Å². The van der Waals surface area contributed by atoms with Gasteiger partial charge in [-0.25, -0.2) is 0 Å². The first-order valence-electron chi connectivity index (χ1n) is 4.59. The van der Waals surface area contributed by atoms with Crippen molar-refractivity contribution in [3.05, 3.63) is 0 Å². The molecule has 1 saturated heterocycles. The summed E-state index contributed by atoms with van der Waals surface area (Å²) in [5.41, 5.74) is 5.53. The summed E-state index contributed by atoms with van der Waals surface area (Å²) in [4.78, 5) is 11.3. The van der Waals surface area contributed by atoms with Gasteiger partial charge in [-0.2, -0.15) is 0 Å². The third-order valence-corrected chi connectivity index (χ3v) is 2.27. The van der Waals surface area contributed by atoms with Crippen molar-refractivity contribution in [2.24, 2.45) is 11.7 Å². The normalized spacial score (nSPS) is 18.7. The number of carbonyl (C=O) groups excluding carboxylic acids is 1. The van der Waals surface area contributed by atoms with Gasteiger partial charge in [0.2, 0.25) is 0 Å². The number of ether oxygens (including phenoxy) is 1. The lowest BCUT2D eigenvalue weighted by Gasteiger charge is -2.27. The van der Waals surface area contributed by atoms with Crippen LogP contribution in [0.25, 0.3) is 0 Å². The Bertz CT molecular complexity index is 123. The van der Waals surface area contributed by atoms with Crippen LogP contribution in [-0.2, 0) is 9.53 Å². The topological polar surface area (TPSA) is 55.6 Å². The maximum atomic E-state index is 8.95. The van der Waals surface area contributed by atoms with Gasteiger partial charge in [-0.3, -0.25) is 4.79 Å². The summed E-state index contributed by atoms with van der Waals surface area (Å²) >= 11 is 0. The predicted octanol–water partition coefficient (Wildman–Crippen LogP) is 0.0761. The molecule has 1 heterocycles. The average Bonchev–Trinajstić information content (AvgIpc) is 2.19. The maximum absolute atomic E-state index is 8.95. The molecule has 2 N–H and O–H groups in total. The third-order valence-electron chi connectivity index (χ3n) is 2.27. The fraction of sp³-hybridized carbons (Fsp3) is 0.889. The molecule has 0 unspecified atom stereocenters. The van der Waals surface area contributed by atoms with Crippen molar-refractivity contribution < 1.29 is 9.53 Å². The molecule has 0 bridgehead atoms. The van der Waals surface area contributed by atoms with Crippen molar-refractivity contribution in [2.45, 2.75) is 12.8 Å². The number of nitrogens with zero attached hydrogens (tertiary/aromatic N) is 1. The van der Waals surface area contributed by atoms with Crippen LogP contribution in [0.5, 0.6) is 0 Å². The summed E-state index contributed by atoms with van der Waals surface area (Å²) < 4.78 is 3.86. The predicted molar refractivity (Wildman–Crippen MR) is 52.3 cm³/mol. The van der Waals surface area contributed by atoms with Gasteiger partial charge in [0.25, 0.3) is 6.47 Å². The molecular weight excluding hydrogens is 168 g/mol. The molecule has 4 nitrogen and oxygen atoms in total. The molecule has 0 saturated carbocycles. The highest BCUT2D eigenvalue weighted by atomic mass is 16.5. The SMILES string of the molecule is CN1CCC(CN)CC1.COC=O. The Morgan fingerprint density at radius 1 is 1.54 bits per heavy atom. The Kier molecular flexibility index (Phi) is 7.63. The van der Waals surface area contributed by atoms with Crippen LogP contribution in [0.3, 0.4) is 0 Å². The van der Waals surface area contributed by atoms with E-state index in [0.29, 0.717) is 6.47 Å². The second-order valence-corrected chi connectivity index (χ2v) is 3.31. The molecule has 1 rings (SSSR count). The monoisotopic (exact) mass is 188 g/mol. The van der Waals surface area contributed by atoms with Crippen molar-refractivity contribution in [3.63, 3.8) is 0 Å². The van der Waals surface area contributed by atoms with Crippen LogP contribution >= 0.6 is 0 Å². The lowest BCUT2D eigenvalue weighted by molar-refractivity contribution is -0.126. The number of rotatable bonds is 2. The molecule has 1 aliphatic heterocycles. The van der Waals surface area contributed by atoms with Crippen LogP contribution < -0.4 is 5.73 Å². The Hall–Kier alpha value is -0.610. The average molecular weight is 188 g/mol. The zero-order valence-corrected chi connectivity index (χ0v) is 8.53. The van der Waals surface area contributed by atoms with Gasteiger partial charge in [0.05, 0.1) is 7.11 Å². The minimum Gasteiger partial charge on any atom is -0.471 e. The summed E-state index contributed by atoms with van der Waals surface area (Å²) in [6, 6.07) is 0. The molecule has 13 heavy (non-hydrogen) atoms. The van der Waals surface area contributed by atoms with E-state index in [-0.39, 0.29) is 0 Å². The first-order valence-corrected chi connectivity index (χ1v) is 4.59. The van der Waals surface area contributed by atoms with Gasteiger partial charge in [0, 0.05) is 0 Å². The van der Waals surface area contributed by atoms with Gasteiger partial charge in [0.15, 0.2) is 0 Å². The Morgan fingerprint density at radius 3 is 2.31 bits per heavy atom. The molecule has 0 aromatic carbocycles. The largest absolute Gasteiger partial charge is 0.471 e. The van der Waals surface area contributed by atoms with Crippen LogP contribution in [0.15, 0.2) is 0 Å². The van der Waals surface area contributed by atoms with Crippen LogP contribution in [0, 0.1) is 5.92 Å². The smallest absolute Gasteiger partial charge is 0.292 e. The van der Waals surface area contributed by atoms with E-state index in [2.05, 4.69) is 16.7 Å². The highest BCUT2D eigenvalue weighted by Crippen LogP contribution is 2.13. The minimum atomic E-state index is 0.375. The van der Waals surface area contributed by atoms with Gasteiger partial charge in [-0.15, -0.1) is 0 Å². The molecule has 0 atom stereocenters. The molecule has 78 valence electrons. The molecule has 0 spiro atoms. The second-order valence-electron chi connectivity index (χ2n) is 3.31. The van der Waals surface area contributed by atoms with E-state index in [9.17, 15) is 0 Å². The lowest BCUT2D eigenvalue weighted by atomic mass is 9.98. The van der Waals surface area contributed by atoms with E-state index in [1.54, 1.807) is 0 Å². The van der Waals surface area contributed by atoms with Crippen LogP contribution in [0.1, 0.15) is 12.8 Å². The number of likely N-dealkylation sites (tertiary alicyclic amines) is 1. The molecule has 0 radical (unpaired) electrons. The van der Waals surface area contributed by atoms with Crippen LogP contribution in [0.2, 0.25) is 0 Å². The number of hydrogen-bond donors (Lipinski definition) is 1. The summed E-state index contributed by atoms with van der Waals surface area (Å²) in [5.74, 6) is 0.807. The van der Waals surface area contributed by atoms with Crippen molar-refractivity contribution in [2.75, 3.05) is 33.8 Å². The van der Waals surface area contributed by atoms with Gasteiger partial charge in [0.1, 0.15) is 0 Å². The lowest BCUT2D eigenvalue weighted by Crippen LogP contribution is -2.33. The van der Waals surface area contributed by atoms with Gasteiger partial charge >= 0.3 is 0 Å². The summed E-state index contributed by atoms with van der Waals surface area (Å²) in [6.07, 6.45) is 2.60. The number of nitrogens with two attached hydrogens (primary N) is 1. The Balaban J connectivity index is 0.000000310. The van der Waals surface area contributed by atoms with E-state index in [0.717, 1.165) is 12.5 Å². The maximum Gasteiger partial charge on any atom is 0.292 e. The number of carbonyl (C=O) groups is 1. The van der Waals surface area contributed by atoms with Crippen LogP contribution in [-0.4, -0.2) is 45.2 Å². The quantitative estimate of drug-likeness (QED) is 0.623. The first-order chi connectivity index (χ1) is 6.24. The van der Waals surface area contributed by atoms with E-state index < -0.39 is 0 Å². The zero-order valence-electron chi connectivity index (χ0n) is 8.53. The highest BCUT2D eigenvalue weighted by Gasteiger charge is 2.13. The fourth-order valence-corrected chi connectivity index (χ4v) is 1.30. The van der Waals surface area contributed by atoms with Crippen LogP contribution in [0.4, 0.5) is 0 Å². The molecular formula is C9H20N2O2. The molecule has 0 amide bonds. The molecule has 1 fully saturated rings. The van der Waals surface area contributed by atoms with Crippen molar-refractivity contribution >= 4 is 6.47 Å². The zero-order chi connectivity index (χ0) is 10.1. The van der Waals surface area contributed by atoms with E-state index in [1.807, 2.05) is 0 Å². The van der Waals surface area contributed by atoms with Gasteiger partial charge in [-0.05, 0) is 45.4 Å². The highest BCUT2D eigenvalue weighted by molar-refractivity contribution is 5.36. The first kappa shape index (κ1) is 12.4. The molecule has 1 aliphatic rings. The fourth-order valence-electron chi connectivity index (χ4n) is 1.30. The molecule has 0 aromatic rings. The Labute approximate surface area is 80.0 Å². The van der Waals surface area contributed by atoms with Crippen molar-refractivity contribution in [1.29, 1.82) is 0 Å². The summed E-state index contributed by atoms with van der Waals surface area (Å²) in [5, 5.41) is 0. The summed E-state index contributed by atoms with van der Waals surface area (Å²) in [6.45, 7) is 3.73. The van der Waals surface area contributed by atoms with E-state index in [1.165, 1.54) is 33.0 Å². The number of piperidine rings is 1. The minimum absolute atomic E-state index is 0.375. The van der Waals surface area contributed by atoms with Crippen molar-refractivity contribution in [3.8, 4) is 0 Å². The number of methoxy groups -OCH3 is 1. The third kappa shape index (κ3) is 6.54.